The van der Waals surface area contributed by atoms with Crippen molar-refractivity contribution >= 4 is 21.6 Å². The Morgan fingerprint density at radius 2 is 2.25 bits per heavy atom. The van der Waals surface area contributed by atoms with E-state index in [1.54, 1.807) is 6.07 Å². The number of amides is 1. The number of aromatic nitrogens is 1. The normalized spacial score (nSPS) is 11.1. The number of rotatable bonds is 4. The van der Waals surface area contributed by atoms with Gasteiger partial charge in [-0.2, -0.15) is 0 Å². The lowest BCUT2D eigenvalue weighted by Crippen LogP contribution is -2.29. The quantitative estimate of drug-likeness (QED) is 0.738. The second-order valence-electron chi connectivity index (χ2n) is 3.32. The summed E-state index contributed by atoms with van der Waals surface area (Å²) in [4.78, 5) is 15.3. The maximum atomic E-state index is 11.5. The van der Waals surface area contributed by atoms with Gasteiger partial charge < -0.3 is 11.1 Å². The highest BCUT2D eigenvalue weighted by Crippen LogP contribution is 2.05. The molecule has 1 rings (SSSR count). The van der Waals surface area contributed by atoms with Crippen molar-refractivity contribution in [1.82, 2.24) is 10.3 Å². The van der Waals surface area contributed by atoms with E-state index in [1.807, 2.05) is 0 Å². The lowest BCUT2D eigenvalue weighted by Gasteiger charge is -2.05. The molecule has 6 nitrogen and oxygen atoms in total. The Morgan fingerprint density at radius 1 is 1.56 bits per heavy atom. The van der Waals surface area contributed by atoms with Crippen LogP contribution >= 0.6 is 0 Å². The van der Waals surface area contributed by atoms with Crippen LogP contribution in [0, 0.1) is 0 Å². The molecule has 0 fully saturated rings. The van der Waals surface area contributed by atoms with E-state index in [4.69, 9.17) is 5.73 Å². The van der Waals surface area contributed by atoms with Crippen molar-refractivity contribution < 1.29 is 13.2 Å². The summed E-state index contributed by atoms with van der Waals surface area (Å²) < 4.78 is 21.7. The van der Waals surface area contributed by atoms with Crippen molar-refractivity contribution in [2.24, 2.45) is 0 Å². The van der Waals surface area contributed by atoms with Crippen LogP contribution in [0.25, 0.3) is 0 Å². The number of anilines is 1. The SMILES string of the molecule is CS(=O)(=O)CCNC(=O)c1cccnc1N. The smallest absolute Gasteiger partial charge is 0.255 e. The zero-order valence-electron chi connectivity index (χ0n) is 8.80. The number of nitrogens with zero attached hydrogens (tertiary/aromatic N) is 1. The zero-order valence-corrected chi connectivity index (χ0v) is 9.62. The molecule has 1 amide bonds. The Balaban J connectivity index is 2.57. The van der Waals surface area contributed by atoms with Gasteiger partial charge in [-0.15, -0.1) is 0 Å². The Kier molecular flexibility index (Phi) is 3.83. The van der Waals surface area contributed by atoms with Crippen LogP contribution in [-0.4, -0.2) is 37.9 Å². The largest absolute Gasteiger partial charge is 0.383 e. The van der Waals surface area contributed by atoms with Gasteiger partial charge in [0.25, 0.3) is 5.91 Å². The maximum Gasteiger partial charge on any atom is 0.255 e. The first-order valence-corrected chi connectivity index (χ1v) is 6.62. The van der Waals surface area contributed by atoms with Crippen molar-refractivity contribution in [3.05, 3.63) is 23.9 Å². The second kappa shape index (κ2) is 4.93. The zero-order chi connectivity index (χ0) is 12.2. The maximum absolute atomic E-state index is 11.5. The third-order valence-electron chi connectivity index (χ3n) is 1.84. The highest BCUT2D eigenvalue weighted by molar-refractivity contribution is 7.90. The number of hydrogen-bond acceptors (Lipinski definition) is 5. The molecule has 7 heteroatoms. The van der Waals surface area contributed by atoms with E-state index < -0.39 is 15.7 Å². The molecule has 88 valence electrons. The van der Waals surface area contributed by atoms with Gasteiger partial charge in [0.1, 0.15) is 15.7 Å². The molecule has 3 N–H and O–H groups in total. The van der Waals surface area contributed by atoms with Crippen molar-refractivity contribution in [2.45, 2.75) is 0 Å². The summed E-state index contributed by atoms with van der Waals surface area (Å²) in [6, 6.07) is 3.11. The van der Waals surface area contributed by atoms with Gasteiger partial charge in [-0.3, -0.25) is 4.79 Å². The first-order chi connectivity index (χ1) is 7.40. The molecule has 0 atom stereocenters. The van der Waals surface area contributed by atoms with E-state index in [9.17, 15) is 13.2 Å². The van der Waals surface area contributed by atoms with Gasteiger partial charge in [0.2, 0.25) is 0 Å². The summed E-state index contributed by atoms with van der Waals surface area (Å²) in [5.74, 6) is -0.396. The molecule has 0 aromatic carbocycles. The van der Waals surface area contributed by atoms with E-state index in [2.05, 4.69) is 10.3 Å². The van der Waals surface area contributed by atoms with Crippen LogP contribution in [0.5, 0.6) is 0 Å². The molecule has 0 aliphatic rings. The molecule has 0 spiro atoms. The minimum absolute atomic E-state index is 0.0615. The summed E-state index contributed by atoms with van der Waals surface area (Å²) in [6.07, 6.45) is 2.58. The fraction of sp³-hybridized carbons (Fsp3) is 0.333. The molecular weight excluding hydrogens is 230 g/mol. The fourth-order valence-corrected chi connectivity index (χ4v) is 1.53. The van der Waals surface area contributed by atoms with Crippen LogP contribution in [0.3, 0.4) is 0 Å². The lowest BCUT2D eigenvalue weighted by atomic mass is 10.2. The van der Waals surface area contributed by atoms with Gasteiger partial charge >= 0.3 is 0 Å². The fourth-order valence-electron chi connectivity index (χ4n) is 1.05. The molecule has 1 heterocycles. The number of nitrogens with one attached hydrogen (secondary N) is 1. The van der Waals surface area contributed by atoms with Gasteiger partial charge in [0.05, 0.1) is 11.3 Å². The van der Waals surface area contributed by atoms with Gasteiger partial charge in [0, 0.05) is 19.0 Å². The minimum Gasteiger partial charge on any atom is -0.383 e. The monoisotopic (exact) mass is 243 g/mol. The molecule has 0 radical (unpaired) electrons. The van der Waals surface area contributed by atoms with E-state index in [0.29, 0.717) is 0 Å². The molecule has 16 heavy (non-hydrogen) atoms. The number of pyridine rings is 1. The molecule has 0 aliphatic heterocycles. The second-order valence-corrected chi connectivity index (χ2v) is 5.58. The van der Waals surface area contributed by atoms with Crippen LogP contribution in [-0.2, 0) is 9.84 Å². The highest BCUT2D eigenvalue weighted by Gasteiger charge is 2.10. The Hall–Kier alpha value is -1.63. The highest BCUT2D eigenvalue weighted by atomic mass is 32.2. The van der Waals surface area contributed by atoms with Crippen molar-refractivity contribution in [3.63, 3.8) is 0 Å². The van der Waals surface area contributed by atoms with E-state index in [-0.39, 0.29) is 23.7 Å². The van der Waals surface area contributed by atoms with Crippen LogP contribution in [0.15, 0.2) is 18.3 Å². The van der Waals surface area contributed by atoms with E-state index >= 15 is 0 Å². The standard InChI is InChI=1S/C9H13N3O3S/c1-16(14,15)6-5-12-9(13)7-3-2-4-11-8(7)10/h2-4H,5-6H2,1H3,(H2,10,11)(H,12,13). The molecule has 0 saturated carbocycles. The summed E-state index contributed by atoms with van der Waals surface area (Å²) in [5.41, 5.74) is 5.74. The Morgan fingerprint density at radius 3 is 2.81 bits per heavy atom. The third-order valence-corrected chi connectivity index (χ3v) is 2.79. The van der Waals surface area contributed by atoms with Crippen LogP contribution < -0.4 is 11.1 Å². The van der Waals surface area contributed by atoms with Gasteiger partial charge in [-0.05, 0) is 12.1 Å². The number of nitrogen functional groups attached to an aromatic ring is 1. The van der Waals surface area contributed by atoms with Crippen molar-refractivity contribution in [2.75, 3.05) is 24.3 Å². The first kappa shape index (κ1) is 12.4. The van der Waals surface area contributed by atoms with Crippen molar-refractivity contribution in [1.29, 1.82) is 0 Å². The summed E-state index contributed by atoms with van der Waals surface area (Å²) in [5, 5.41) is 2.46. The number of hydrogen-bond donors (Lipinski definition) is 2. The van der Waals surface area contributed by atoms with E-state index in [0.717, 1.165) is 6.26 Å². The topological polar surface area (TPSA) is 102 Å². The molecule has 0 aliphatic carbocycles. The molecule has 1 aromatic rings. The van der Waals surface area contributed by atoms with Gasteiger partial charge in [-0.25, -0.2) is 13.4 Å². The van der Waals surface area contributed by atoms with Crippen molar-refractivity contribution in [3.8, 4) is 0 Å². The number of nitrogens with two attached hydrogens (primary N) is 1. The number of carbonyl (C=O) groups is 1. The lowest BCUT2D eigenvalue weighted by molar-refractivity contribution is 0.0957. The van der Waals surface area contributed by atoms with Gasteiger partial charge in [-0.1, -0.05) is 0 Å². The van der Waals surface area contributed by atoms with Crippen LogP contribution in [0.4, 0.5) is 5.82 Å². The third kappa shape index (κ3) is 3.85. The summed E-state index contributed by atoms with van der Waals surface area (Å²) >= 11 is 0. The molecule has 0 unspecified atom stereocenters. The summed E-state index contributed by atoms with van der Waals surface area (Å²) in [7, 11) is -3.07. The van der Waals surface area contributed by atoms with Gasteiger partial charge in [0.15, 0.2) is 0 Å². The minimum atomic E-state index is -3.07. The predicted octanol–water partition coefficient (Wildman–Crippen LogP) is -0.562. The van der Waals surface area contributed by atoms with Crippen LogP contribution in [0.1, 0.15) is 10.4 Å². The Labute approximate surface area is 93.8 Å². The first-order valence-electron chi connectivity index (χ1n) is 4.56. The average Bonchev–Trinajstić information content (AvgIpc) is 2.16. The Bertz CT molecular complexity index is 485. The number of sulfone groups is 1. The van der Waals surface area contributed by atoms with Crippen LogP contribution in [0.2, 0.25) is 0 Å². The molecule has 1 aromatic heterocycles. The summed E-state index contributed by atoms with van der Waals surface area (Å²) in [6.45, 7) is 0.0615. The molecular formula is C9H13N3O3S. The molecule has 0 saturated heterocycles. The molecule has 0 bridgehead atoms. The average molecular weight is 243 g/mol. The number of carbonyl (C=O) groups excluding carboxylic acids is 1. The van der Waals surface area contributed by atoms with E-state index in [1.165, 1.54) is 12.3 Å². The predicted molar refractivity (Wildman–Crippen MR) is 60.7 cm³/mol.